The van der Waals surface area contributed by atoms with E-state index in [0.29, 0.717) is 34.6 Å². The van der Waals surface area contributed by atoms with E-state index in [1.807, 2.05) is 0 Å². The molecule has 0 spiro atoms. The lowest BCUT2D eigenvalue weighted by Crippen LogP contribution is -2.26. The van der Waals surface area contributed by atoms with Gasteiger partial charge in [-0.3, -0.25) is 9.69 Å². The first-order valence-electron chi connectivity index (χ1n) is 9.71. The highest BCUT2D eigenvalue weighted by atomic mass is 35.5. The van der Waals surface area contributed by atoms with Gasteiger partial charge in [-0.2, -0.15) is 0 Å². The van der Waals surface area contributed by atoms with Crippen molar-refractivity contribution >= 4 is 40.9 Å². The Bertz CT molecular complexity index is 1030. The van der Waals surface area contributed by atoms with Crippen LogP contribution in [0.4, 0.5) is 0 Å². The Hall–Kier alpha value is -2.62. The summed E-state index contributed by atoms with van der Waals surface area (Å²) < 4.78 is 16.8. The van der Waals surface area contributed by atoms with Crippen molar-refractivity contribution < 1.29 is 28.6 Å². The summed E-state index contributed by atoms with van der Waals surface area (Å²) in [6, 6.07) is 4.89. The summed E-state index contributed by atoms with van der Waals surface area (Å²) in [6.45, 7) is 4.64. The van der Waals surface area contributed by atoms with E-state index in [-0.39, 0.29) is 11.4 Å². The van der Waals surface area contributed by atoms with Crippen LogP contribution in [-0.2, 0) is 19.1 Å². The van der Waals surface area contributed by atoms with E-state index in [4.69, 9.17) is 37.4 Å². The third kappa shape index (κ3) is 4.39. The summed E-state index contributed by atoms with van der Waals surface area (Å²) in [5, 5.41) is 5.11. The fraction of sp³-hybridized carbons (Fsp3) is 0.400. The third-order valence-electron chi connectivity index (χ3n) is 5.13. The first kappa shape index (κ1) is 21.6. The number of cyclic esters (lactones) is 2. The molecule has 0 amide bonds. The average molecular weight is 468 g/mol. The minimum Gasteiger partial charge on any atom is -0.475 e. The van der Waals surface area contributed by atoms with E-state index < -0.39 is 24.0 Å². The van der Waals surface area contributed by atoms with Gasteiger partial charge in [0.25, 0.3) is 5.78 Å². The number of benzene rings is 1. The van der Waals surface area contributed by atoms with E-state index in [0.717, 1.165) is 25.9 Å². The van der Waals surface area contributed by atoms with Crippen LogP contribution in [0.2, 0.25) is 10.0 Å². The van der Waals surface area contributed by atoms with E-state index in [1.54, 1.807) is 25.1 Å². The smallest absolute Gasteiger partial charge is 0.421 e. The number of likely N-dealkylation sites (tertiary alicyclic amines) is 1. The van der Waals surface area contributed by atoms with Crippen molar-refractivity contribution in [3.8, 4) is 11.6 Å². The second-order valence-electron chi connectivity index (χ2n) is 7.18. The largest absolute Gasteiger partial charge is 0.475 e. The molecule has 0 unspecified atom stereocenters. The molecule has 2 aliphatic heterocycles. The summed E-state index contributed by atoms with van der Waals surface area (Å²) in [6.07, 6.45) is 0.617. The molecule has 11 heteroatoms. The molecule has 1 aromatic heterocycles. The first-order chi connectivity index (χ1) is 14.8. The van der Waals surface area contributed by atoms with Crippen LogP contribution < -0.4 is 4.74 Å². The van der Waals surface area contributed by atoms with Gasteiger partial charge >= 0.3 is 18.2 Å². The van der Waals surface area contributed by atoms with Crippen LogP contribution in [0.25, 0.3) is 5.69 Å². The fourth-order valence-electron chi connectivity index (χ4n) is 3.55. The van der Waals surface area contributed by atoms with E-state index in [2.05, 4.69) is 10.00 Å². The predicted octanol–water partition coefficient (Wildman–Crippen LogP) is 2.57. The van der Waals surface area contributed by atoms with Crippen molar-refractivity contribution in [3.63, 3.8) is 0 Å². The highest BCUT2D eigenvalue weighted by Gasteiger charge is 2.42. The van der Waals surface area contributed by atoms with Gasteiger partial charge in [0.2, 0.25) is 5.88 Å². The maximum atomic E-state index is 13.0. The van der Waals surface area contributed by atoms with E-state index in [9.17, 15) is 14.4 Å². The van der Waals surface area contributed by atoms with Crippen molar-refractivity contribution in [1.29, 1.82) is 0 Å². The van der Waals surface area contributed by atoms with Gasteiger partial charge in [-0.25, -0.2) is 14.3 Å². The molecule has 0 aliphatic carbocycles. The highest BCUT2D eigenvalue weighted by Crippen LogP contribution is 2.30. The van der Waals surface area contributed by atoms with Crippen LogP contribution in [0.15, 0.2) is 18.2 Å². The zero-order valence-electron chi connectivity index (χ0n) is 16.6. The zero-order chi connectivity index (χ0) is 22.1. The Kier molecular flexibility index (Phi) is 6.17. The molecule has 1 aromatic carbocycles. The molecule has 0 bridgehead atoms. The number of ether oxygens (including phenoxy) is 3. The monoisotopic (exact) mass is 467 g/mol. The Labute approximate surface area is 187 Å². The van der Waals surface area contributed by atoms with Gasteiger partial charge in [0.1, 0.15) is 12.2 Å². The number of nitrogens with zero attached hydrogens (tertiary/aromatic N) is 3. The number of Topliss-reactive ketones (excluding diaryl/α,β-unsaturated/α-hetero) is 1. The molecule has 0 saturated carbocycles. The minimum absolute atomic E-state index is 0.0479. The van der Waals surface area contributed by atoms with Gasteiger partial charge in [-0.05, 0) is 51.1 Å². The summed E-state index contributed by atoms with van der Waals surface area (Å²) in [4.78, 5) is 38.0. The van der Waals surface area contributed by atoms with E-state index in [1.165, 1.54) is 4.68 Å². The van der Waals surface area contributed by atoms with Gasteiger partial charge in [0.05, 0.1) is 21.4 Å². The number of carbonyl (C=O) groups is 3. The topological polar surface area (TPSA) is 100.0 Å². The number of halogens is 2. The second kappa shape index (κ2) is 8.86. The predicted molar refractivity (Wildman–Crippen MR) is 110 cm³/mol. The van der Waals surface area contributed by atoms with Gasteiger partial charge < -0.3 is 14.2 Å². The van der Waals surface area contributed by atoms with Crippen LogP contribution >= 0.6 is 23.2 Å². The Morgan fingerprint density at radius 1 is 1.16 bits per heavy atom. The van der Waals surface area contributed by atoms with Crippen molar-refractivity contribution in [1.82, 2.24) is 14.7 Å². The molecule has 31 heavy (non-hydrogen) atoms. The molecule has 0 radical (unpaired) electrons. The number of ketones is 1. The number of rotatable bonds is 7. The molecular weight excluding hydrogens is 449 g/mol. The van der Waals surface area contributed by atoms with E-state index >= 15 is 0 Å². The fourth-order valence-corrected chi connectivity index (χ4v) is 3.84. The summed E-state index contributed by atoms with van der Waals surface area (Å²) in [5.41, 5.74) is 1.01. The zero-order valence-corrected chi connectivity index (χ0v) is 18.1. The summed E-state index contributed by atoms with van der Waals surface area (Å²) >= 11 is 12.1. The van der Waals surface area contributed by atoms with Crippen LogP contribution in [0.1, 0.15) is 28.9 Å². The Morgan fingerprint density at radius 2 is 1.84 bits per heavy atom. The molecular formula is C20H19Cl2N3O6. The molecule has 0 atom stereocenters. The lowest BCUT2D eigenvalue weighted by Gasteiger charge is -2.14. The van der Waals surface area contributed by atoms with Crippen LogP contribution in [0, 0.1) is 6.92 Å². The summed E-state index contributed by atoms with van der Waals surface area (Å²) in [5.74, 6) is -3.13. The highest BCUT2D eigenvalue weighted by molar-refractivity contribution is 6.42. The van der Waals surface area contributed by atoms with Crippen LogP contribution in [0.5, 0.6) is 5.88 Å². The van der Waals surface area contributed by atoms with Crippen LogP contribution in [-0.4, -0.2) is 64.9 Å². The third-order valence-corrected chi connectivity index (χ3v) is 5.87. The second-order valence-corrected chi connectivity index (χ2v) is 7.99. The molecule has 3 heterocycles. The maximum Gasteiger partial charge on any atom is 0.421 e. The minimum atomic E-state index is -1.67. The quantitative estimate of drug-likeness (QED) is 0.347. The Balaban J connectivity index is 1.65. The number of carbonyl (C=O) groups excluding carboxylic acids is 3. The summed E-state index contributed by atoms with van der Waals surface area (Å²) in [7, 11) is 0. The van der Waals surface area contributed by atoms with Crippen LogP contribution in [0.3, 0.4) is 0 Å². The maximum absolute atomic E-state index is 13.0. The molecule has 2 saturated heterocycles. The number of hydrogen-bond donors (Lipinski definition) is 0. The number of aromatic nitrogens is 2. The van der Waals surface area contributed by atoms with Crippen molar-refractivity contribution in [2.75, 3.05) is 26.2 Å². The van der Waals surface area contributed by atoms with Crippen molar-refractivity contribution in [2.45, 2.75) is 26.1 Å². The van der Waals surface area contributed by atoms with Gasteiger partial charge in [-0.15, -0.1) is 5.10 Å². The van der Waals surface area contributed by atoms with Gasteiger partial charge in [-0.1, -0.05) is 23.2 Å². The molecule has 0 N–H and O–H groups in total. The van der Waals surface area contributed by atoms with Crippen molar-refractivity contribution in [3.05, 3.63) is 39.5 Å². The molecule has 2 fully saturated rings. The Morgan fingerprint density at radius 3 is 2.48 bits per heavy atom. The number of esters is 2. The number of hydrogen-bond acceptors (Lipinski definition) is 8. The molecule has 4 rings (SSSR count). The SMILES string of the molecule is Cc1c(C(=O)C2OC(=O)C(=O)O2)c(OCCN2CCCC2)nn1-c1ccc(Cl)c(Cl)c1. The van der Waals surface area contributed by atoms with Crippen molar-refractivity contribution in [2.24, 2.45) is 0 Å². The van der Waals surface area contributed by atoms with Gasteiger partial charge in [0.15, 0.2) is 0 Å². The average Bonchev–Trinajstić information content (AvgIpc) is 3.45. The lowest BCUT2D eigenvalue weighted by atomic mass is 10.1. The normalized spacial score (nSPS) is 17.1. The molecule has 2 aromatic rings. The molecule has 2 aliphatic rings. The molecule has 9 nitrogen and oxygen atoms in total. The first-order valence-corrected chi connectivity index (χ1v) is 10.5. The van der Waals surface area contributed by atoms with Gasteiger partial charge in [0, 0.05) is 6.54 Å². The molecule has 164 valence electrons. The standard InChI is InChI=1S/C20H19Cl2N3O6/c1-11-15(16(26)20-30-18(27)19(28)31-20)17(29-9-8-24-6-2-3-7-24)23-25(11)12-4-5-13(21)14(22)10-12/h4-5,10,20H,2-3,6-9H2,1H3. The lowest BCUT2D eigenvalue weighted by molar-refractivity contribution is -0.150.